The minimum Gasteiger partial charge on any atom is -0.319 e. The Balaban J connectivity index is 1.35. The van der Waals surface area contributed by atoms with Crippen LogP contribution < -0.4 is 5.32 Å². The van der Waals surface area contributed by atoms with E-state index >= 15 is 0 Å². The number of halogens is 1. The number of hydrogen-bond acceptors (Lipinski definition) is 8. The van der Waals surface area contributed by atoms with Crippen molar-refractivity contribution >= 4 is 23.4 Å². The number of carbonyl (C=O) groups excluding carboxylic acids is 1. The van der Waals surface area contributed by atoms with Gasteiger partial charge in [-0.25, -0.2) is 4.39 Å². The van der Waals surface area contributed by atoms with Gasteiger partial charge in [0.05, 0.1) is 28.4 Å². The molecule has 2 aromatic heterocycles. The number of nitrogens with one attached hydrogen (secondary N) is 1. The Kier molecular flexibility index (Phi) is 6.26. The molecule has 0 aliphatic rings. The van der Waals surface area contributed by atoms with Crippen molar-refractivity contribution in [3.8, 4) is 11.4 Å². The molecule has 3 aromatic carbocycles. The van der Waals surface area contributed by atoms with Crippen molar-refractivity contribution in [3.63, 3.8) is 0 Å². The molecule has 0 aliphatic heterocycles. The van der Waals surface area contributed by atoms with Gasteiger partial charge in [-0.1, -0.05) is 30.3 Å². The number of anilines is 1. The summed E-state index contributed by atoms with van der Waals surface area (Å²) in [4.78, 5) is 13.8. The predicted octanol–water partition coefficient (Wildman–Crippen LogP) is 3.63. The fraction of sp³-hybridized carbons (Fsp3) is 0.0870. The van der Waals surface area contributed by atoms with E-state index in [0.29, 0.717) is 33.5 Å². The molecule has 0 bridgehead atoms. The molecule has 0 atom stereocenters. The number of nitrogens with zero attached hydrogens (tertiary/aromatic N) is 8. The zero-order chi connectivity index (χ0) is 24.2. The van der Waals surface area contributed by atoms with Gasteiger partial charge in [-0.15, -0.1) is 22.0 Å². The second-order valence-corrected chi connectivity index (χ2v) is 8.40. The minimum atomic E-state index is -0.569. The highest BCUT2D eigenvalue weighted by Gasteiger charge is 2.17. The Morgan fingerprint density at radius 1 is 0.914 bits per heavy atom. The minimum absolute atomic E-state index is 0.0234. The second-order valence-electron chi connectivity index (χ2n) is 7.38. The van der Waals surface area contributed by atoms with E-state index in [4.69, 9.17) is 0 Å². The quantitative estimate of drug-likeness (QED) is 0.346. The first-order valence-electron chi connectivity index (χ1n) is 10.5. The van der Waals surface area contributed by atoms with Gasteiger partial charge in [0.15, 0.2) is 11.6 Å². The van der Waals surface area contributed by atoms with Crippen LogP contribution in [0.3, 0.4) is 0 Å². The maximum absolute atomic E-state index is 14.5. The van der Waals surface area contributed by atoms with Crippen molar-refractivity contribution < 1.29 is 9.18 Å². The van der Waals surface area contributed by atoms with Gasteiger partial charge < -0.3 is 5.32 Å². The molecule has 0 saturated heterocycles. The molecule has 0 unspecified atom stereocenters. The first-order valence-corrected chi connectivity index (χ1v) is 11.5. The fourth-order valence-corrected chi connectivity index (χ4v) is 4.34. The van der Waals surface area contributed by atoms with Crippen LogP contribution in [0.25, 0.3) is 11.4 Å². The largest absolute Gasteiger partial charge is 0.319 e. The molecule has 1 N–H and O–H groups in total. The van der Waals surface area contributed by atoms with Gasteiger partial charge in [-0.3, -0.25) is 4.79 Å². The summed E-state index contributed by atoms with van der Waals surface area (Å²) >= 11 is 1.41. The zero-order valence-electron chi connectivity index (χ0n) is 18.4. The third-order valence-electron chi connectivity index (χ3n) is 5.09. The monoisotopic (exact) mass is 487 g/mol. The normalized spacial score (nSPS) is 10.9. The summed E-state index contributed by atoms with van der Waals surface area (Å²) in [5, 5.41) is 25.9. The van der Waals surface area contributed by atoms with Crippen LogP contribution >= 0.6 is 11.8 Å². The number of amides is 1. The van der Waals surface area contributed by atoms with Gasteiger partial charge in [-0.2, -0.15) is 9.36 Å². The molecule has 0 saturated carbocycles. The molecule has 0 spiro atoms. The maximum Gasteiger partial charge on any atom is 0.256 e. The van der Waals surface area contributed by atoms with Crippen LogP contribution in [-0.2, 0) is 5.75 Å². The zero-order valence-corrected chi connectivity index (χ0v) is 19.2. The third kappa shape index (κ3) is 4.77. The number of aromatic nitrogens is 8. The van der Waals surface area contributed by atoms with Crippen LogP contribution in [0, 0.1) is 12.7 Å². The topological polar surface area (TPSA) is 116 Å². The van der Waals surface area contributed by atoms with Crippen molar-refractivity contribution in [2.45, 2.75) is 17.6 Å². The molecule has 1 amide bonds. The van der Waals surface area contributed by atoms with E-state index in [2.05, 4.69) is 36.4 Å². The van der Waals surface area contributed by atoms with Gasteiger partial charge in [0.1, 0.15) is 5.82 Å². The van der Waals surface area contributed by atoms with Crippen LogP contribution in [0.2, 0.25) is 0 Å². The van der Waals surface area contributed by atoms with Gasteiger partial charge in [0, 0.05) is 4.90 Å². The summed E-state index contributed by atoms with van der Waals surface area (Å²) in [7, 11) is 0. The van der Waals surface area contributed by atoms with Crippen molar-refractivity contribution in [1.29, 1.82) is 0 Å². The van der Waals surface area contributed by atoms with Crippen molar-refractivity contribution in [2.24, 2.45) is 0 Å². The molecular formula is C23H18FN9OS. The van der Waals surface area contributed by atoms with Gasteiger partial charge in [-0.05, 0) is 70.2 Å². The molecule has 0 radical (unpaired) electrons. The van der Waals surface area contributed by atoms with E-state index in [0.717, 1.165) is 5.69 Å². The highest BCUT2D eigenvalue weighted by Crippen LogP contribution is 2.28. The lowest BCUT2D eigenvalue weighted by Gasteiger charge is -2.12. The van der Waals surface area contributed by atoms with E-state index in [1.807, 2.05) is 42.5 Å². The average Bonchev–Trinajstić information content (AvgIpc) is 3.53. The third-order valence-corrected chi connectivity index (χ3v) is 6.16. The lowest BCUT2D eigenvalue weighted by Crippen LogP contribution is -2.14. The molecular weight excluding hydrogens is 469 g/mol. The Hall–Kier alpha value is -4.45. The first-order chi connectivity index (χ1) is 17.1. The number of thioether (sulfide) groups is 1. The van der Waals surface area contributed by atoms with Crippen LogP contribution in [0.4, 0.5) is 10.1 Å². The molecule has 2 heterocycles. The number of tetrazole rings is 2. The van der Waals surface area contributed by atoms with E-state index in [1.165, 1.54) is 34.6 Å². The van der Waals surface area contributed by atoms with Crippen LogP contribution in [-0.4, -0.2) is 46.3 Å². The average molecular weight is 488 g/mol. The summed E-state index contributed by atoms with van der Waals surface area (Å²) in [5.41, 5.74) is 1.79. The molecule has 35 heavy (non-hydrogen) atoms. The first kappa shape index (κ1) is 22.3. The van der Waals surface area contributed by atoms with Gasteiger partial charge in [0.25, 0.3) is 5.91 Å². The van der Waals surface area contributed by atoms with Crippen LogP contribution in [0.5, 0.6) is 0 Å². The molecule has 12 heteroatoms. The summed E-state index contributed by atoms with van der Waals surface area (Å²) in [6.45, 7) is 1.73. The van der Waals surface area contributed by atoms with E-state index in [9.17, 15) is 9.18 Å². The SMILES string of the molecule is Cc1nnnn1-c1ccc(F)c(NC(=O)c2ccccc2SCc2nnnn2-c2ccccc2)c1. The van der Waals surface area contributed by atoms with Crippen molar-refractivity contribution in [2.75, 3.05) is 5.32 Å². The van der Waals surface area contributed by atoms with Crippen LogP contribution in [0.1, 0.15) is 22.0 Å². The Labute approximate surface area is 203 Å². The highest BCUT2D eigenvalue weighted by atomic mass is 32.2. The molecule has 174 valence electrons. The molecule has 0 aliphatic carbocycles. The lowest BCUT2D eigenvalue weighted by molar-refractivity contribution is 0.102. The number of hydrogen-bond donors (Lipinski definition) is 1. The number of rotatable bonds is 7. The standard InChI is InChI=1S/C23H18FN9OS/c1-15-26-28-30-32(15)17-11-12-19(24)20(13-17)25-23(34)18-9-5-6-10-21(18)35-14-22-27-29-31-33(22)16-7-3-2-4-8-16/h2-13H,14H2,1H3,(H,25,34). The molecule has 5 aromatic rings. The molecule has 5 rings (SSSR count). The van der Waals surface area contributed by atoms with E-state index < -0.39 is 11.7 Å². The van der Waals surface area contributed by atoms with Crippen LogP contribution in [0.15, 0.2) is 77.7 Å². The smallest absolute Gasteiger partial charge is 0.256 e. The summed E-state index contributed by atoms with van der Waals surface area (Å²) in [6.07, 6.45) is 0. The Bertz CT molecular complexity index is 1490. The number of carbonyl (C=O) groups is 1. The molecule has 10 nitrogen and oxygen atoms in total. The predicted molar refractivity (Wildman–Crippen MR) is 127 cm³/mol. The fourth-order valence-electron chi connectivity index (χ4n) is 3.39. The van der Waals surface area contributed by atoms with Gasteiger partial charge >= 0.3 is 0 Å². The highest BCUT2D eigenvalue weighted by molar-refractivity contribution is 7.98. The summed E-state index contributed by atoms with van der Waals surface area (Å²) in [5.74, 6) is 0.579. The van der Waals surface area contributed by atoms with Crippen molar-refractivity contribution in [1.82, 2.24) is 40.4 Å². The van der Waals surface area contributed by atoms with E-state index in [1.54, 1.807) is 23.7 Å². The number of para-hydroxylation sites is 1. The van der Waals surface area contributed by atoms with E-state index in [-0.39, 0.29) is 5.69 Å². The lowest BCUT2D eigenvalue weighted by atomic mass is 10.2. The van der Waals surface area contributed by atoms with Gasteiger partial charge in [0.2, 0.25) is 0 Å². The number of benzene rings is 3. The summed E-state index contributed by atoms with van der Waals surface area (Å²) in [6, 6.07) is 20.9. The maximum atomic E-state index is 14.5. The van der Waals surface area contributed by atoms with Crippen molar-refractivity contribution in [3.05, 3.63) is 95.8 Å². The molecule has 0 fully saturated rings. The second kappa shape index (κ2) is 9.81. The summed E-state index contributed by atoms with van der Waals surface area (Å²) < 4.78 is 17.6. The Morgan fingerprint density at radius 3 is 2.46 bits per heavy atom. The Morgan fingerprint density at radius 2 is 1.66 bits per heavy atom. The number of aryl methyl sites for hydroxylation is 1.